The van der Waals surface area contributed by atoms with E-state index in [2.05, 4.69) is 26.0 Å². The summed E-state index contributed by atoms with van der Waals surface area (Å²) in [6.07, 6.45) is 1.74. The zero-order valence-electron chi connectivity index (χ0n) is 13.5. The zero-order valence-corrected chi connectivity index (χ0v) is 13.5. The second-order valence-corrected chi connectivity index (χ2v) is 4.83. The van der Waals surface area contributed by atoms with E-state index in [0.29, 0.717) is 12.4 Å². The molecule has 2 nitrogen and oxygen atoms in total. The van der Waals surface area contributed by atoms with E-state index in [1.807, 2.05) is 38.1 Å². The fraction of sp³-hybridized carbons (Fsp3) is 0.368. The van der Waals surface area contributed by atoms with Gasteiger partial charge in [-0.1, -0.05) is 49.7 Å². The Kier molecular flexibility index (Phi) is 7.38. The van der Waals surface area contributed by atoms with Crippen molar-refractivity contribution >= 4 is 0 Å². The highest BCUT2D eigenvalue weighted by Crippen LogP contribution is 2.30. The molecule has 2 rings (SSSR count). The van der Waals surface area contributed by atoms with Gasteiger partial charge < -0.3 is 9.84 Å². The lowest BCUT2D eigenvalue weighted by atomic mass is 10.0. The summed E-state index contributed by atoms with van der Waals surface area (Å²) in [6.45, 7) is 8.85. The van der Waals surface area contributed by atoms with Crippen LogP contribution in [0, 0.1) is 6.92 Å². The van der Waals surface area contributed by atoms with Crippen molar-refractivity contribution in [3.8, 4) is 11.5 Å². The molecule has 0 spiro atoms. The number of phenolic OH excluding ortho intramolecular Hbond substituents is 1. The van der Waals surface area contributed by atoms with Crippen molar-refractivity contribution in [2.45, 2.75) is 40.5 Å². The van der Waals surface area contributed by atoms with E-state index in [9.17, 15) is 5.11 Å². The number of ether oxygens (including phenoxy) is 1. The number of hydrogen-bond donors (Lipinski definition) is 1. The van der Waals surface area contributed by atoms with Gasteiger partial charge in [0, 0.05) is 11.1 Å². The van der Waals surface area contributed by atoms with Crippen molar-refractivity contribution in [2.75, 3.05) is 6.61 Å². The molecule has 21 heavy (non-hydrogen) atoms. The van der Waals surface area contributed by atoms with Crippen molar-refractivity contribution in [1.29, 1.82) is 0 Å². The molecule has 0 bridgehead atoms. The van der Waals surface area contributed by atoms with E-state index in [0.717, 1.165) is 29.7 Å². The Morgan fingerprint density at radius 3 is 1.90 bits per heavy atom. The first-order valence-electron chi connectivity index (χ1n) is 7.62. The number of rotatable bonds is 4. The Morgan fingerprint density at radius 1 is 0.857 bits per heavy atom. The van der Waals surface area contributed by atoms with Gasteiger partial charge in [0.05, 0.1) is 6.61 Å². The molecule has 0 aliphatic rings. The van der Waals surface area contributed by atoms with Crippen LogP contribution in [0.25, 0.3) is 0 Å². The smallest absolute Gasteiger partial charge is 0.122 e. The summed E-state index contributed by atoms with van der Waals surface area (Å²) in [5.74, 6) is 1.29. The van der Waals surface area contributed by atoms with Gasteiger partial charge in [-0.25, -0.2) is 0 Å². The summed E-state index contributed by atoms with van der Waals surface area (Å²) in [6, 6.07) is 13.8. The van der Waals surface area contributed by atoms with Crippen LogP contribution in [0.1, 0.15) is 37.5 Å². The van der Waals surface area contributed by atoms with Crippen LogP contribution < -0.4 is 4.74 Å². The predicted octanol–water partition coefficient (Wildman–Crippen LogP) is 4.91. The normalized spacial score (nSPS) is 9.71. The fourth-order valence-corrected chi connectivity index (χ4v) is 2.27. The second kappa shape index (κ2) is 9.06. The maximum absolute atomic E-state index is 9.66. The van der Waals surface area contributed by atoms with E-state index < -0.39 is 0 Å². The standard InChI is InChI=1S/C12H18O2.C7H8/c1-4-9-10(5-2)12(14-6-3)8-7-11(9)13;1-7-5-3-2-4-6-7/h7-8,13H,4-6H2,1-3H3;2-6H,1H3. The highest BCUT2D eigenvalue weighted by atomic mass is 16.5. The van der Waals surface area contributed by atoms with Gasteiger partial charge in [-0.3, -0.25) is 0 Å². The minimum absolute atomic E-state index is 0.382. The monoisotopic (exact) mass is 286 g/mol. The Balaban J connectivity index is 0.000000262. The summed E-state index contributed by atoms with van der Waals surface area (Å²) in [5, 5.41) is 9.66. The first kappa shape index (κ1) is 17.1. The SMILES string of the molecule is CCOc1ccc(O)c(CC)c1CC.Cc1ccccc1. The molecule has 0 heterocycles. The molecule has 0 aliphatic heterocycles. The van der Waals surface area contributed by atoms with E-state index >= 15 is 0 Å². The van der Waals surface area contributed by atoms with Crippen molar-refractivity contribution in [3.63, 3.8) is 0 Å². The topological polar surface area (TPSA) is 29.5 Å². The molecule has 0 radical (unpaired) electrons. The molecule has 0 unspecified atom stereocenters. The molecular weight excluding hydrogens is 260 g/mol. The molecule has 0 fully saturated rings. The molecule has 1 N–H and O–H groups in total. The molecule has 0 aromatic heterocycles. The second-order valence-electron chi connectivity index (χ2n) is 4.83. The van der Waals surface area contributed by atoms with Gasteiger partial charge in [-0.05, 0) is 38.8 Å². The molecule has 0 atom stereocenters. The maximum atomic E-state index is 9.66. The zero-order chi connectivity index (χ0) is 15.7. The highest BCUT2D eigenvalue weighted by Gasteiger charge is 2.10. The van der Waals surface area contributed by atoms with Gasteiger partial charge in [0.25, 0.3) is 0 Å². The lowest BCUT2D eigenvalue weighted by Gasteiger charge is -2.13. The van der Waals surface area contributed by atoms with Crippen LogP contribution in [0.3, 0.4) is 0 Å². The Labute approximate surface area is 128 Å². The molecular formula is C19H26O2. The molecule has 0 saturated carbocycles. The van der Waals surface area contributed by atoms with Crippen LogP contribution in [0.2, 0.25) is 0 Å². The number of phenols is 1. The van der Waals surface area contributed by atoms with Gasteiger partial charge in [-0.15, -0.1) is 0 Å². The largest absolute Gasteiger partial charge is 0.508 e. The summed E-state index contributed by atoms with van der Waals surface area (Å²) < 4.78 is 5.51. The molecule has 0 saturated heterocycles. The van der Waals surface area contributed by atoms with Gasteiger partial charge >= 0.3 is 0 Å². The maximum Gasteiger partial charge on any atom is 0.122 e. The molecule has 114 valence electrons. The minimum Gasteiger partial charge on any atom is -0.508 e. The van der Waals surface area contributed by atoms with Crippen LogP contribution >= 0.6 is 0 Å². The summed E-state index contributed by atoms with van der Waals surface area (Å²) in [7, 11) is 0. The summed E-state index contributed by atoms with van der Waals surface area (Å²) in [4.78, 5) is 0. The van der Waals surface area contributed by atoms with Crippen LogP contribution in [0.4, 0.5) is 0 Å². The quantitative estimate of drug-likeness (QED) is 0.865. The average Bonchev–Trinajstić information content (AvgIpc) is 2.50. The van der Waals surface area contributed by atoms with Crippen LogP contribution in [-0.2, 0) is 12.8 Å². The Bertz CT molecular complexity index is 533. The molecule has 2 aromatic rings. The van der Waals surface area contributed by atoms with Crippen molar-refractivity contribution in [2.24, 2.45) is 0 Å². The van der Waals surface area contributed by atoms with E-state index in [4.69, 9.17) is 4.74 Å². The lowest BCUT2D eigenvalue weighted by molar-refractivity contribution is 0.335. The van der Waals surface area contributed by atoms with Gasteiger partial charge in [-0.2, -0.15) is 0 Å². The third-order valence-electron chi connectivity index (χ3n) is 3.31. The van der Waals surface area contributed by atoms with E-state index in [-0.39, 0.29) is 0 Å². The van der Waals surface area contributed by atoms with Crippen molar-refractivity contribution < 1.29 is 9.84 Å². The number of hydrogen-bond acceptors (Lipinski definition) is 2. The van der Waals surface area contributed by atoms with Gasteiger partial charge in [0.1, 0.15) is 11.5 Å². The van der Waals surface area contributed by atoms with E-state index in [1.165, 1.54) is 5.56 Å². The molecule has 2 aromatic carbocycles. The van der Waals surface area contributed by atoms with Gasteiger partial charge in [0.15, 0.2) is 0 Å². The van der Waals surface area contributed by atoms with E-state index in [1.54, 1.807) is 6.07 Å². The minimum atomic E-state index is 0.382. The first-order chi connectivity index (χ1) is 10.1. The highest BCUT2D eigenvalue weighted by molar-refractivity contribution is 5.48. The summed E-state index contributed by atoms with van der Waals surface area (Å²) in [5.41, 5.74) is 3.47. The number of aryl methyl sites for hydroxylation is 1. The van der Waals surface area contributed by atoms with Crippen molar-refractivity contribution in [1.82, 2.24) is 0 Å². The fourth-order valence-electron chi connectivity index (χ4n) is 2.27. The number of aromatic hydroxyl groups is 1. The number of benzene rings is 2. The summed E-state index contributed by atoms with van der Waals surface area (Å²) >= 11 is 0. The third-order valence-corrected chi connectivity index (χ3v) is 3.31. The Hall–Kier alpha value is -1.96. The molecule has 2 heteroatoms. The van der Waals surface area contributed by atoms with Gasteiger partial charge in [0.2, 0.25) is 0 Å². The average molecular weight is 286 g/mol. The Morgan fingerprint density at radius 2 is 1.48 bits per heavy atom. The lowest BCUT2D eigenvalue weighted by Crippen LogP contribution is -1.99. The molecule has 0 aliphatic carbocycles. The van der Waals surface area contributed by atoms with Crippen LogP contribution in [-0.4, -0.2) is 11.7 Å². The first-order valence-corrected chi connectivity index (χ1v) is 7.62. The van der Waals surface area contributed by atoms with Crippen molar-refractivity contribution in [3.05, 3.63) is 59.2 Å². The van der Waals surface area contributed by atoms with Crippen LogP contribution in [0.15, 0.2) is 42.5 Å². The molecule has 0 amide bonds. The van der Waals surface area contributed by atoms with Crippen LogP contribution in [0.5, 0.6) is 11.5 Å². The predicted molar refractivity (Wildman–Crippen MR) is 89.2 cm³/mol. The third kappa shape index (κ3) is 5.14.